The van der Waals surface area contributed by atoms with Crippen molar-refractivity contribution in [3.63, 3.8) is 0 Å². The zero-order valence-electron chi connectivity index (χ0n) is 28.3. The standard InChI is InChI=1S/C41H36ClN3O6/c1-22-9-12-25(13-10-22)43-45-38(48)32-21-30-28(16-17-29-35(30)39(49)44(37(29)47)26-14-11-23(2)33(42)19-26)36(31-20-27(51-3)15-18-34(31)46)41(32,40(45)50)24-7-5-4-6-8-24/h4-16,18-20,29-30,32,35-36,43,46H,17,21H2,1-3H3/t29-,30+,32-,35-,36+,41+/m0/s1. The molecule has 0 spiro atoms. The van der Waals surface area contributed by atoms with Gasteiger partial charge in [-0.3, -0.25) is 24.6 Å². The highest BCUT2D eigenvalue weighted by Gasteiger charge is 2.70. The minimum absolute atomic E-state index is 0.0755. The lowest BCUT2D eigenvalue weighted by molar-refractivity contribution is -0.138. The maximum Gasteiger partial charge on any atom is 0.260 e. The molecule has 0 aromatic heterocycles. The highest BCUT2D eigenvalue weighted by atomic mass is 35.5. The number of methoxy groups -OCH3 is 1. The van der Waals surface area contributed by atoms with E-state index >= 15 is 4.79 Å². The number of phenolic OH excluding ortho intramolecular Hbond substituents is 1. The molecule has 2 heterocycles. The van der Waals surface area contributed by atoms with Gasteiger partial charge in [-0.05, 0) is 86.2 Å². The van der Waals surface area contributed by atoms with Crippen molar-refractivity contribution in [3.05, 3.63) is 130 Å². The second kappa shape index (κ2) is 12.1. The molecule has 0 unspecified atom stereocenters. The quantitative estimate of drug-likeness (QED) is 0.167. The van der Waals surface area contributed by atoms with E-state index in [4.69, 9.17) is 16.3 Å². The number of imide groups is 2. The Morgan fingerprint density at radius 2 is 1.61 bits per heavy atom. The van der Waals surface area contributed by atoms with Crippen LogP contribution in [0.5, 0.6) is 11.5 Å². The van der Waals surface area contributed by atoms with Crippen molar-refractivity contribution in [2.75, 3.05) is 17.4 Å². The summed E-state index contributed by atoms with van der Waals surface area (Å²) in [6.45, 7) is 3.80. The van der Waals surface area contributed by atoms with Gasteiger partial charge in [-0.25, -0.2) is 4.90 Å². The van der Waals surface area contributed by atoms with E-state index in [0.29, 0.717) is 33.3 Å². The predicted octanol–water partition coefficient (Wildman–Crippen LogP) is 6.86. The maximum absolute atomic E-state index is 15.3. The van der Waals surface area contributed by atoms with Crippen molar-refractivity contribution in [1.29, 1.82) is 0 Å². The van der Waals surface area contributed by atoms with Crippen LogP contribution >= 0.6 is 11.6 Å². The number of nitrogens with zero attached hydrogens (tertiary/aromatic N) is 2. The number of hydrogen-bond acceptors (Lipinski definition) is 7. The van der Waals surface area contributed by atoms with Gasteiger partial charge in [-0.2, -0.15) is 5.01 Å². The summed E-state index contributed by atoms with van der Waals surface area (Å²) in [6, 6.07) is 26.6. The number of carbonyl (C=O) groups excluding carboxylic acids is 4. The molecule has 4 aliphatic rings. The van der Waals surface area contributed by atoms with Crippen molar-refractivity contribution in [2.24, 2.45) is 23.7 Å². The van der Waals surface area contributed by atoms with E-state index in [-0.39, 0.29) is 30.4 Å². The number of phenols is 1. The molecule has 2 aliphatic carbocycles. The maximum atomic E-state index is 15.3. The van der Waals surface area contributed by atoms with Crippen LogP contribution in [0.4, 0.5) is 11.4 Å². The number of hydrazine groups is 1. The Morgan fingerprint density at radius 1 is 0.863 bits per heavy atom. The lowest BCUT2D eigenvalue weighted by Gasteiger charge is -2.50. The topological polar surface area (TPSA) is 116 Å². The van der Waals surface area contributed by atoms with Crippen molar-refractivity contribution in [2.45, 2.75) is 38.0 Å². The van der Waals surface area contributed by atoms with Gasteiger partial charge < -0.3 is 9.84 Å². The molecule has 4 aromatic rings. The minimum Gasteiger partial charge on any atom is -0.508 e. The fraction of sp³-hybridized carbons (Fsp3) is 0.268. The molecule has 10 heteroatoms. The van der Waals surface area contributed by atoms with Crippen molar-refractivity contribution >= 4 is 46.6 Å². The Labute approximate surface area is 300 Å². The SMILES string of the molecule is COc1ccc(O)c([C@H]2C3=CC[C@@H]4C(=O)N(c5ccc(C)c(Cl)c5)C(=O)[C@@H]4[C@@H]3C[C@H]3C(=O)N(Nc4ccc(C)cc4)C(=O)[C@@]23c2ccccc2)c1. The second-order valence-corrected chi connectivity index (χ2v) is 14.4. The number of nitrogens with one attached hydrogen (secondary N) is 1. The molecular formula is C41H36ClN3O6. The van der Waals surface area contributed by atoms with Crippen LogP contribution in [0.15, 0.2) is 103 Å². The van der Waals surface area contributed by atoms with Crippen molar-refractivity contribution < 1.29 is 29.0 Å². The van der Waals surface area contributed by atoms with Crippen LogP contribution in [0.2, 0.25) is 5.02 Å². The van der Waals surface area contributed by atoms with Gasteiger partial charge in [-0.1, -0.05) is 77.3 Å². The Kier molecular flexibility index (Phi) is 7.79. The van der Waals surface area contributed by atoms with Crippen LogP contribution in [-0.2, 0) is 24.6 Å². The van der Waals surface area contributed by atoms with E-state index < -0.39 is 46.8 Å². The Hall–Kier alpha value is -5.41. The number of anilines is 2. The van der Waals surface area contributed by atoms with Crippen LogP contribution < -0.4 is 15.1 Å². The molecule has 2 saturated heterocycles. The average Bonchev–Trinajstić information content (AvgIpc) is 3.52. The molecule has 4 aromatic carbocycles. The molecule has 3 fully saturated rings. The molecular weight excluding hydrogens is 666 g/mol. The molecule has 2 N–H and O–H groups in total. The Morgan fingerprint density at radius 3 is 2.31 bits per heavy atom. The van der Waals surface area contributed by atoms with Crippen LogP contribution in [0.25, 0.3) is 0 Å². The number of fused-ring (bicyclic) bond motifs is 4. The third-order valence-electron chi connectivity index (χ3n) is 11.4. The minimum atomic E-state index is -1.51. The van der Waals surface area contributed by atoms with Gasteiger partial charge in [0.15, 0.2) is 0 Å². The zero-order valence-corrected chi connectivity index (χ0v) is 29.1. The number of allylic oxidation sites excluding steroid dienone is 2. The molecule has 8 rings (SSSR count). The molecule has 51 heavy (non-hydrogen) atoms. The number of carbonyl (C=O) groups is 4. The lowest BCUT2D eigenvalue weighted by atomic mass is 9.49. The van der Waals surface area contributed by atoms with E-state index in [0.717, 1.165) is 21.7 Å². The monoisotopic (exact) mass is 701 g/mol. The highest BCUT2D eigenvalue weighted by Crippen LogP contribution is 2.65. The fourth-order valence-electron chi connectivity index (χ4n) is 8.96. The summed E-state index contributed by atoms with van der Waals surface area (Å²) in [5.74, 6) is -5.09. The van der Waals surface area contributed by atoms with Gasteiger partial charge in [0, 0.05) is 16.5 Å². The number of benzene rings is 4. The smallest absolute Gasteiger partial charge is 0.260 e. The lowest BCUT2D eigenvalue weighted by Crippen LogP contribution is -2.53. The third kappa shape index (κ3) is 4.82. The van der Waals surface area contributed by atoms with Gasteiger partial charge in [0.2, 0.25) is 11.8 Å². The first kappa shape index (κ1) is 32.8. The molecule has 258 valence electrons. The number of halogens is 1. The number of ether oxygens (including phenoxy) is 1. The van der Waals surface area contributed by atoms with Crippen LogP contribution in [-0.4, -0.2) is 40.9 Å². The summed E-state index contributed by atoms with van der Waals surface area (Å²) in [6.07, 6.45) is 2.35. The first-order valence-corrected chi connectivity index (χ1v) is 17.4. The number of aryl methyl sites for hydroxylation is 2. The van der Waals surface area contributed by atoms with E-state index in [1.807, 2.05) is 62.4 Å². The molecule has 2 aliphatic heterocycles. The van der Waals surface area contributed by atoms with Crippen molar-refractivity contribution in [3.8, 4) is 11.5 Å². The van der Waals surface area contributed by atoms with Gasteiger partial charge in [0.1, 0.15) is 11.5 Å². The zero-order chi connectivity index (χ0) is 35.8. The van der Waals surface area contributed by atoms with Crippen LogP contribution in [0.1, 0.15) is 41.0 Å². The van der Waals surface area contributed by atoms with Gasteiger partial charge >= 0.3 is 0 Å². The summed E-state index contributed by atoms with van der Waals surface area (Å²) in [5, 5.41) is 13.1. The predicted molar refractivity (Wildman–Crippen MR) is 192 cm³/mol. The van der Waals surface area contributed by atoms with E-state index in [1.54, 1.807) is 42.5 Å². The second-order valence-electron chi connectivity index (χ2n) is 14.0. The molecule has 4 amide bonds. The van der Waals surface area contributed by atoms with Gasteiger partial charge in [0.05, 0.1) is 41.7 Å². The van der Waals surface area contributed by atoms with Gasteiger partial charge in [-0.15, -0.1) is 0 Å². The Balaban J connectivity index is 1.33. The number of aromatic hydroxyl groups is 1. The summed E-state index contributed by atoms with van der Waals surface area (Å²) in [7, 11) is 1.52. The normalized spacial score (nSPS) is 26.8. The molecule has 1 saturated carbocycles. The number of amides is 4. The summed E-state index contributed by atoms with van der Waals surface area (Å²) < 4.78 is 5.60. The van der Waals surface area contributed by atoms with E-state index in [1.165, 1.54) is 18.1 Å². The van der Waals surface area contributed by atoms with Gasteiger partial charge in [0.25, 0.3) is 11.8 Å². The summed E-state index contributed by atoms with van der Waals surface area (Å²) >= 11 is 6.45. The number of rotatable bonds is 6. The Bertz CT molecular complexity index is 2150. The summed E-state index contributed by atoms with van der Waals surface area (Å²) in [5.41, 5.74) is 6.13. The largest absolute Gasteiger partial charge is 0.508 e. The average molecular weight is 702 g/mol. The first-order valence-electron chi connectivity index (χ1n) is 17.0. The summed E-state index contributed by atoms with van der Waals surface area (Å²) in [4.78, 5) is 59.9. The fourth-order valence-corrected chi connectivity index (χ4v) is 9.13. The van der Waals surface area contributed by atoms with Crippen LogP contribution in [0, 0.1) is 37.5 Å². The molecule has 0 radical (unpaired) electrons. The van der Waals surface area contributed by atoms with E-state index in [2.05, 4.69) is 5.43 Å². The van der Waals surface area contributed by atoms with Crippen LogP contribution in [0.3, 0.4) is 0 Å². The van der Waals surface area contributed by atoms with Crippen molar-refractivity contribution in [1.82, 2.24) is 5.01 Å². The third-order valence-corrected chi connectivity index (χ3v) is 11.8. The molecule has 6 atom stereocenters. The number of hydrogen-bond donors (Lipinski definition) is 2. The first-order chi connectivity index (χ1) is 24.6. The molecule has 9 nitrogen and oxygen atoms in total. The highest BCUT2D eigenvalue weighted by molar-refractivity contribution is 6.32. The molecule has 0 bridgehead atoms. The van der Waals surface area contributed by atoms with E-state index in [9.17, 15) is 19.5 Å².